The minimum atomic E-state index is -4.49. The Morgan fingerprint density at radius 2 is 1.77 bits per heavy atom. The van der Waals surface area contributed by atoms with E-state index in [1.165, 1.54) is 43.1 Å². The molecule has 1 N–H and O–H groups in total. The Kier molecular flexibility index (Phi) is 5.97. The average molecular weight is 372 g/mol. The van der Waals surface area contributed by atoms with Crippen molar-refractivity contribution in [1.29, 1.82) is 0 Å². The molecule has 0 radical (unpaired) electrons. The minimum absolute atomic E-state index is 0.0370. The largest absolute Gasteiger partial charge is 0.416 e. The highest BCUT2D eigenvalue weighted by atomic mass is 19.4. The lowest BCUT2D eigenvalue weighted by Gasteiger charge is -2.25. The van der Waals surface area contributed by atoms with Gasteiger partial charge in [0.05, 0.1) is 11.6 Å². The zero-order chi connectivity index (χ0) is 19.5. The van der Waals surface area contributed by atoms with Gasteiger partial charge in [-0.25, -0.2) is 8.78 Å². The predicted octanol–water partition coefficient (Wildman–Crippen LogP) is 4.44. The van der Waals surface area contributed by atoms with Gasteiger partial charge in [0, 0.05) is 18.3 Å². The molecule has 2 aromatic carbocycles. The van der Waals surface area contributed by atoms with E-state index in [4.69, 9.17) is 0 Å². The van der Waals surface area contributed by atoms with Crippen LogP contribution >= 0.6 is 0 Å². The number of benzene rings is 2. The zero-order valence-electron chi connectivity index (χ0n) is 14.1. The van der Waals surface area contributed by atoms with Crippen molar-refractivity contribution in [2.45, 2.75) is 25.7 Å². The monoisotopic (exact) mass is 372 g/mol. The lowest BCUT2D eigenvalue weighted by Crippen LogP contribution is -2.39. The molecule has 0 aliphatic carbocycles. The van der Waals surface area contributed by atoms with Crippen molar-refractivity contribution in [3.05, 3.63) is 65.2 Å². The fraction of sp³-hybridized carbons (Fsp3) is 0.278. The van der Waals surface area contributed by atoms with Gasteiger partial charge in [-0.2, -0.15) is 13.2 Å². The second-order valence-corrected chi connectivity index (χ2v) is 5.86. The van der Waals surface area contributed by atoms with Crippen LogP contribution in [0, 0.1) is 11.6 Å². The Morgan fingerprint density at radius 1 is 1.12 bits per heavy atom. The highest BCUT2D eigenvalue weighted by Gasteiger charge is 2.33. The van der Waals surface area contributed by atoms with Gasteiger partial charge in [-0.15, -0.1) is 0 Å². The predicted molar refractivity (Wildman–Crippen MR) is 87.4 cm³/mol. The Hall–Kier alpha value is -2.48. The SMILES string of the molecule is CC(C(=O)Nc1ccc(F)c(F)c1)N(C)Cc1ccccc1C(F)(F)F. The van der Waals surface area contributed by atoms with E-state index in [1.807, 2.05) is 0 Å². The molecule has 26 heavy (non-hydrogen) atoms. The molecule has 0 heterocycles. The first-order valence-electron chi connectivity index (χ1n) is 7.71. The number of nitrogens with zero attached hydrogens (tertiary/aromatic N) is 1. The molecule has 0 bridgehead atoms. The molecule has 140 valence electrons. The Morgan fingerprint density at radius 3 is 2.38 bits per heavy atom. The quantitative estimate of drug-likeness (QED) is 0.787. The van der Waals surface area contributed by atoms with Gasteiger partial charge in [0.25, 0.3) is 0 Å². The van der Waals surface area contributed by atoms with Crippen LogP contribution in [0.4, 0.5) is 27.6 Å². The number of carbonyl (C=O) groups excluding carboxylic acids is 1. The second-order valence-electron chi connectivity index (χ2n) is 5.86. The molecular weight excluding hydrogens is 355 g/mol. The number of anilines is 1. The van der Waals surface area contributed by atoms with Crippen LogP contribution in [-0.4, -0.2) is 23.9 Å². The van der Waals surface area contributed by atoms with Crippen LogP contribution in [0.25, 0.3) is 0 Å². The number of likely N-dealkylation sites (N-methyl/N-ethyl adjacent to an activating group) is 1. The average Bonchev–Trinajstić information content (AvgIpc) is 2.57. The molecule has 0 spiro atoms. The number of amides is 1. The maximum Gasteiger partial charge on any atom is 0.416 e. The molecule has 1 unspecified atom stereocenters. The molecule has 1 amide bonds. The number of alkyl halides is 3. The topological polar surface area (TPSA) is 32.3 Å². The summed E-state index contributed by atoms with van der Waals surface area (Å²) in [7, 11) is 1.50. The third-order valence-corrected chi connectivity index (χ3v) is 3.97. The van der Waals surface area contributed by atoms with Crippen LogP contribution < -0.4 is 5.32 Å². The summed E-state index contributed by atoms with van der Waals surface area (Å²) >= 11 is 0. The number of halogens is 5. The number of hydrogen-bond donors (Lipinski definition) is 1. The fourth-order valence-corrected chi connectivity index (χ4v) is 2.36. The third kappa shape index (κ3) is 4.78. The normalized spacial score (nSPS) is 12.9. The summed E-state index contributed by atoms with van der Waals surface area (Å²) in [5, 5.41) is 2.41. The van der Waals surface area contributed by atoms with Crippen LogP contribution in [0.1, 0.15) is 18.1 Å². The van der Waals surface area contributed by atoms with Crippen molar-refractivity contribution >= 4 is 11.6 Å². The highest BCUT2D eigenvalue weighted by Crippen LogP contribution is 2.32. The number of hydrogen-bond acceptors (Lipinski definition) is 2. The lowest BCUT2D eigenvalue weighted by molar-refractivity contribution is -0.138. The summed E-state index contributed by atoms with van der Waals surface area (Å²) in [4.78, 5) is 13.7. The van der Waals surface area contributed by atoms with Crippen LogP contribution in [0.2, 0.25) is 0 Å². The summed E-state index contributed by atoms with van der Waals surface area (Å²) in [6, 6.07) is 7.22. The van der Waals surface area contributed by atoms with E-state index in [0.29, 0.717) is 0 Å². The highest BCUT2D eigenvalue weighted by molar-refractivity contribution is 5.94. The lowest BCUT2D eigenvalue weighted by atomic mass is 10.1. The van der Waals surface area contributed by atoms with Crippen LogP contribution in [0.3, 0.4) is 0 Å². The number of nitrogens with one attached hydrogen (secondary N) is 1. The second kappa shape index (κ2) is 7.82. The molecule has 0 saturated carbocycles. The molecular formula is C18H17F5N2O. The molecule has 0 fully saturated rings. The van der Waals surface area contributed by atoms with Gasteiger partial charge in [0.2, 0.25) is 5.91 Å². The van der Waals surface area contributed by atoms with Gasteiger partial charge >= 0.3 is 6.18 Å². The molecule has 8 heteroatoms. The molecule has 1 atom stereocenters. The third-order valence-electron chi connectivity index (χ3n) is 3.97. The molecule has 3 nitrogen and oxygen atoms in total. The molecule has 0 aliphatic rings. The summed E-state index contributed by atoms with van der Waals surface area (Å²) in [6.07, 6.45) is -4.49. The van der Waals surface area contributed by atoms with Crippen LogP contribution in [0.15, 0.2) is 42.5 Å². The fourth-order valence-electron chi connectivity index (χ4n) is 2.36. The standard InChI is InChI=1S/C18H17F5N2O/c1-11(17(26)24-13-7-8-15(19)16(20)9-13)25(2)10-12-5-3-4-6-14(12)18(21,22)23/h3-9,11H,10H2,1-2H3,(H,24,26). The summed E-state index contributed by atoms with van der Waals surface area (Å²) < 4.78 is 65.3. The van der Waals surface area contributed by atoms with Crippen molar-refractivity contribution in [3.63, 3.8) is 0 Å². The van der Waals surface area contributed by atoms with E-state index in [1.54, 1.807) is 0 Å². The first-order chi connectivity index (χ1) is 12.1. The minimum Gasteiger partial charge on any atom is -0.325 e. The van der Waals surface area contributed by atoms with Gasteiger partial charge in [-0.3, -0.25) is 9.69 Å². The Bertz CT molecular complexity index is 791. The van der Waals surface area contributed by atoms with Gasteiger partial charge in [0.15, 0.2) is 11.6 Å². The zero-order valence-corrected chi connectivity index (χ0v) is 14.1. The van der Waals surface area contributed by atoms with Crippen molar-refractivity contribution in [2.75, 3.05) is 12.4 Å². The smallest absolute Gasteiger partial charge is 0.325 e. The van der Waals surface area contributed by atoms with Crippen molar-refractivity contribution < 1.29 is 26.7 Å². The van der Waals surface area contributed by atoms with E-state index < -0.39 is 35.3 Å². The summed E-state index contributed by atoms with van der Waals surface area (Å²) in [5.74, 6) is -2.71. The van der Waals surface area contributed by atoms with E-state index >= 15 is 0 Å². The van der Waals surface area contributed by atoms with Crippen molar-refractivity contribution in [2.24, 2.45) is 0 Å². The van der Waals surface area contributed by atoms with E-state index in [0.717, 1.165) is 18.2 Å². The van der Waals surface area contributed by atoms with Gasteiger partial charge in [-0.1, -0.05) is 18.2 Å². The van der Waals surface area contributed by atoms with Crippen LogP contribution in [-0.2, 0) is 17.5 Å². The molecule has 0 aliphatic heterocycles. The molecule has 0 saturated heterocycles. The van der Waals surface area contributed by atoms with E-state index in [9.17, 15) is 26.7 Å². The maximum atomic E-state index is 13.2. The van der Waals surface area contributed by atoms with Gasteiger partial charge < -0.3 is 5.32 Å². The molecule has 2 aromatic rings. The van der Waals surface area contributed by atoms with Crippen LogP contribution in [0.5, 0.6) is 0 Å². The number of carbonyl (C=O) groups is 1. The van der Waals surface area contributed by atoms with Gasteiger partial charge in [-0.05, 0) is 37.7 Å². The van der Waals surface area contributed by atoms with Gasteiger partial charge in [0.1, 0.15) is 0 Å². The summed E-state index contributed by atoms with van der Waals surface area (Å²) in [5.41, 5.74) is -0.667. The first-order valence-corrected chi connectivity index (χ1v) is 7.71. The number of rotatable bonds is 5. The van der Waals surface area contributed by atoms with Crippen molar-refractivity contribution in [3.8, 4) is 0 Å². The van der Waals surface area contributed by atoms with Crippen molar-refractivity contribution in [1.82, 2.24) is 4.90 Å². The van der Waals surface area contributed by atoms with E-state index in [2.05, 4.69) is 5.32 Å². The maximum absolute atomic E-state index is 13.2. The Labute approximate surface area is 147 Å². The molecule has 2 rings (SSSR count). The van der Waals surface area contributed by atoms with E-state index in [-0.39, 0.29) is 17.8 Å². The summed E-state index contributed by atoms with van der Waals surface area (Å²) in [6.45, 7) is 1.40. The Balaban J connectivity index is 2.08. The first kappa shape index (κ1) is 19.8. The molecule has 0 aromatic heterocycles.